The van der Waals surface area contributed by atoms with Gasteiger partial charge in [0.1, 0.15) is 5.75 Å². The van der Waals surface area contributed by atoms with Crippen LogP contribution in [0.5, 0.6) is 5.75 Å². The third kappa shape index (κ3) is 5.75. The van der Waals surface area contributed by atoms with Crippen LogP contribution in [0.3, 0.4) is 0 Å². The number of anilines is 1. The minimum absolute atomic E-state index is 0.592. The molecule has 0 radical (unpaired) electrons. The van der Waals surface area contributed by atoms with Crippen molar-refractivity contribution in [2.24, 2.45) is 0 Å². The molecule has 0 aliphatic carbocycles. The van der Waals surface area contributed by atoms with E-state index in [1.165, 1.54) is 29.8 Å². The van der Waals surface area contributed by atoms with Gasteiger partial charge in [0.2, 0.25) is 0 Å². The number of hydrogen-bond donors (Lipinski definition) is 0. The Balaban J connectivity index is 2.53. The van der Waals surface area contributed by atoms with Crippen LogP contribution in [0.4, 0.5) is 5.69 Å². The van der Waals surface area contributed by atoms with Gasteiger partial charge in [-0.25, -0.2) is 0 Å². The first kappa shape index (κ1) is 16.7. The number of hydrogen-bond acceptors (Lipinski definition) is 3. The van der Waals surface area contributed by atoms with Crippen LogP contribution in [0, 0.1) is 0 Å². The highest BCUT2D eigenvalue weighted by atomic mass is 32.2. The average molecular weight is 296 g/mol. The van der Waals surface area contributed by atoms with Crippen molar-refractivity contribution in [1.82, 2.24) is 0 Å². The Hall–Kier alpha value is -1.33. The fourth-order valence-corrected chi connectivity index (χ4v) is 2.28. The first-order valence-corrected chi connectivity index (χ1v) is 7.96. The third-order valence-corrected chi connectivity index (χ3v) is 3.46. The highest BCUT2D eigenvalue weighted by molar-refractivity contribution is 7.80. The van der Waals surface area contributed by atoms with Crippen molar-refractivity contribution >= 4 is 17.0 Å². The van der Waals surface area contributed by atoms with Crippen molar-refractivity contribution < 1.29 is 13.5 Å². The molecule has 0 aromatic heterocycles. The molecule has 1 aromatic rings. The fraction of sp³-hybridized carbons (Fsp3) is 0.467. The zero-order valence-electron chi connectivity index (χ0n) is 12.1. The van der Waals surface area contributed by atoms with Gasteiger partial charge in [-0.15, -0.1) is 0 Å². The molecule has 0 aliphatic heterocycles. The minimum Gasteiger partial charge on any atom is -0.755 e. The molecular formula is C15H22NO3S-. The molecule has 0 aliphatic rings. The lowest BCUT2D eigenvalue weighted by Crippen LogP contribution is -2.18. The highest BCUT2D eigenvalue weighted by Crippen LogP contribution is 2.21. The molecule has 0 bridgehead atoms. The number of unbranched alkanes of at least 4 members (excludes halogenated alkanes) is 3. The monoisotopic (exact) mass is 296 g/mol. The number of benzene rings is 1. The molecule has 0 saturated carbocycles. The second-order valence-electron chi connectivity index (χ2n) is 4.43. The van der Waals surface area contributed by atoms with Gasteiger partial charge in [0.15, 0.2) is 0 Å². The van der Waals surface area contributed by atoms with Crippen LogP contribution in [0.1, 0.15) is 39.5 Å². The van der Waals surface area contributed by atoms with E-state index >= 15 is 0 Å². The molecule has 0 amide bonds. The summed E-state index contributed by atoms with van der Waals surface area (Å²) in [6, 6.07) is 7.05. The Labute approximate surface area is 123 Å². The molecular weight excluding hydrogens is 274 g/mol. The van der Waals surface area contributed by atoms with Gasteiger partial charge in [0.25, 0.3) is 0 Å². The number of rotatable bonds is 9. The van der Waals surface area contributed by atoms with Gasteiger partial charge in [-0.05, 0) is 37.6 Å². The van der Waals surface area contributed by atoms with Gasteiger partial charge in [0.05, 0.1) is 23.6 Å². The third-order valence-electron chi connectivity index (χ3n) is 2.80. The minimum atomic E-state index is -2.31. The predicted octanol–water partition coefficient (Wildman–Crippen LogP) is 3.78. The Morgan fingerprint density at radius 2 is 1.95 bits per heavy atom. The second kappa shape index (κ2) is 9.55. The Bertz CT molecular complexity index is 431. The highest BCUT2D eigenvalue weighted by Gasteiger charge is 2.03. The van der Waals surface area contributed by atoms with Crippen LogP contribution in [-0.2, 0) is 11.3 Å². The summed E-state index contributed by atoms with van der Waals surface area (Å²) in [4.78, 5) is 0. The van der Waals surface area contributed by atoms with E-state index in [1.54, 1.807) is 37.3 Å². The van der Waals surface area contributed by atoms with Crippen LogP contribution < -0.4 is 9.04 Å². The lowest BCUT2D eigenvalue weighted by Gasteiger charge is -2.22. The number of nitrogens with zero attached hydrogens (tertiary/aromatic N) is 1. The molecule has 0 N–H and O–H groups in total. The molecule has 1 rings (SSSR count). The summed E-state index contributed by atoms with van der Waals surface area (Å²) in [6.07, 6.45) is 7.85. The summed E-state index contributed by atoms with van der Waals surface area (Å²) in [5, 5.41) is 0. The maximum atomic E-state index is 11.1. The summed E-state index contributed by atoms with van der Waals surface area (Å²) >= 11 is -2.31. The van der Waals surface area contributed by atoms with Crippen LogP contribution in [0.25, 0.3) is 0 Å². The normalized spacial score (nSPS) is 12.6. The molecule has 112 valence electrons. The van der Waals surface area contributed by atoms with Crippen LogP contribution in [-0.4, -0.2) is 15.4 Å². The molecule has 5 heteroatoms. The molecule has 0 fully saturated rings. The van der Waals surface area contributed by atoms with Crippen molar-refractivity contribution in [2.75, 3.05) is 10.9 Å². The lowest BCUT2D eigenvalue weighted by atomic mass is 10.2. The largest absolute Gasteiger partial charge is 0.755 e. The molecule has 0 spiro atoms. The van der Waals surface area contributed by atoms with E-state index in [1.807, 2.05) is 0 Å². The number of ether oxygens (including phenoxy) is 1. The van der Waals surface area contributed by atoms with Gasteiger partial charge in [-0.3, -0.25) is 8.51 Å². The zero-order valence-corrected chi connectivity index (χ0v) is 12.9. The van der Waals surface area contributed by atoms with E-state index in [4.69, 9.17) is 4.74 Å². The van der Waals surface area contributed by atoms with Gasteiger partial charge in [-0.2, -0.15) is 0 Å². The Kier molecular flexibility index (Phi) is 7.99. The van der Waals surface area contributed by atoms with Crippen molar-refractivity contribution in [3.63, 3.8) is 0 Å². The van der Waals surface area contributed by atoms with E-state index < -0.39 is 11.3 Å². The van der Waals surface area contributed by atoms with E-state index in [-0.39, 0.29) is 0 Å². The predicted molar refractivity (Wildman–Crippen MR) is 82.3 cm³/mol. The zero-order chi connectivity index (χ0) is 14.8. The summed E-state index contributed by atoms with van der Waals surface area (Å²) < 4.78 is 29.0. The van der Waals surface area contributed by atoms with Gasteiger partial charge in [0, 0.05) is 6.20 Å². The SMILES string of the molecule is CC=CN(c1ccc(OCCCCCC)cc1)S(=O)[O-]. The Morgan fingerprint density at radius 3 is 2.50 bits per heavy atom. The molecule has 4 nitrogen and oxygen atoms in total. The van der Waals surface area contributed by atoms with Crippen molar-refractivity contribution in [1.29, 1.82) is 0 Å². The summed E-state index contributed by atoms with van der Waals surface area (Å²) in [6.45, 7) is 4.65. The molecule has 0 saturated heterocycles. The second-order valence-corrected chi connectivity index (χ2v) is 5.26. The standard InChI is InChI=1S/C15H23NO3S/c1-3-5-6-7-13-19-15-10-8-14(9-11-15)16(12-4-2)20(17)18/h4,8-12H,3,5-7,13H2,1-2H3,(H,17,18)/p-1. The van der Waals surface area contributed by atoms with Crippen LogP contribution in [0.2, 0.25) is 0 Å². The molecule has 1 unspecified atom stereocenters. The first-order chi connectivity index (χ1) is 9.69. The molecule has 1 aromatic carbocycles. The Morgan fingerprint density at radius 1 is 1.25 bits per heavy atom. The molecule has 1 atom stereocenters. The lowest BCUT2D eigenvalue weighted by molar-refractivity contribution is 0.305. The summed E-state index contributed by atoms with van der Waals surface area (Å²) in [5.74, 6) is 0.766. The van der Waals surface area contributed by atoms with E-state index in [0.29, 0.717) is 12.3 Å². The van der Waals surface area contributed by atoms with Crippen molar-refractivity contribution in [3.05, 3.63) is 36.5 Å². The average Bonchev–Trinajstić information content (AvgIpc) is 2.45. The fourth-order valence-electron chi connectivity index (χ4n) is 1.77. The van der Waals surface area contributed by atoms with E-state index in [0.717, 1.165) is 12.2 Å². The van der Waals surface area contributed by atoms with Gasteiger partial charge >= 0.3 is 0 Å². The summed E-state index contributed by atoms with van der Waals surface area (Å²) in [7, 11) is 0. The molecule has 0 heterocycles. The van der Waals surface area contributed by atoms with Crippen LogP contribution in [0.15, 0.2) is 36.5 Å². The van der Waals surface area contributed by atoms with Gasteiger partial charge in [-0.1, -0.05) is 32.3 Å². The van der Waals surface area contributed by atoms with E-state index in [2.05, 4.69) is 6.92 Å². The van der Waals surface area contributed by atoms with Crippen LogP contribution >= 0.6 is 0 Å². The van der Waals surface area contributed by atoms with Crippen molar-refractivity contribution in [2.45, 2.75) is 39.5 Å². The van der Waals surface area contributed by atoms with E-state index in [9.17, 15) is 8.76 Å². The smallest absolute Gasteiger partial charge is 0.119 e. The number of allylic oxidation sites excluding steroid dienone is 1. The summed E-state index contributed by atoms with van der Waals surface area (Å²) in [5.41, 5.74) is 0.592. The quantitative estimate of drug-likeness (QED) is 0.515. The first-order valence-electron chi connectivity index (χ1n) is 6.93. The maximum absolute atomic E-state index is 11.1. The topological polar surface area (TPSA) is 52.6 Å². The maximum Gasteiger partial charge on any atom is 0.119 e. The van der Waals surface area contributed by atoms with Gasteiger partial charge < -0.3 is 9.29 Å². The van der Waals surface area contributed by atoms with Crippen molar-refractivity contribution in [3.8, 4) is 5.75 Å². The molecule has 20 heavy (non-hydrogen) atoms.